The van der Waals surface area contributed by atoms with Crippen LogP contribution in [-0.2, 0) is 18.3 Å². The molecular formula is C24H24FN3O4. The molecule has 1 aromatic carbocycles. The number of hydrogen-bond acceptors (Lipinski definition) is 5. The maximum Gasteiger partial charge on any atom is 0.354 e. The first-order valence-electron chi connectivity index (χ1n) is 9.95. The summed E-state index contributed by atoms with van der Waals surface area (Å²) in [5, 5.41) is 0. The molecule has 2 aromatic heterocycles. The Morgan fingerprint density at radius 1 is 1.12 bits per heavy atom. The van der Waals surface area contributed by atoms with Gasteiger partial charge in [0.1, 0.15) is 11.5 Å². The monoisotopic (exact) mass is 437 g/mol. The molecule has 8 heteroatoms. The van der Waals surface area contributed by atoms with Crippen LogP contribution in [0.2, 0.25) is 0 Å². The highest BCUT2D eigenvalue weighted by molar-refractivity contribution is 6.06. The summed E-state index contributed by atoms with van der Waals surface area (Å²) in [5.74, 6) is -1.89. The number of hydrogen-bond donors (Lipinski definition) is 0. The van der Waals surface area contributed by atoms with Gasteiger partial charge in [0.25, 0.3) is 5.91 Å². The number of esters is 1. The predicted octanol–water partition coefficient (Wildman–Crippen LogP) is 3.49. The molecule has 0 bridgehead atoms. The summed E-state index contributed by atoms with van der Waals surface area (Å²) in [4.78, 5) is 44.0. The lowest BCUT2D eigenvalue weighted by atomic mass is 10.0. The smallest absolute Gasteiger partial charge is 0.354 e. The third kappa shape index (κ3) is 4.59. The first-order valence-corrected chi connectivity index (χ1v) is 9.95. The Kier molecular flexibility index (Phi) is 6.82. The molecule has 0 spiro atoms. The molecule has 1 amide bonds. The van der Waals surface area contributed by atoms with Crippen LogP contribution in [0.3, 0.4) is 0 Å². The summed E-state index contributed by atoms with van der Waals surface area (Å²) in [6.07, 6.45) is 3.19. The molecular weight excluding hydrogens is 413 g/mol. The molecule has 3 rings (SSSR count). The van der Waals surface area contributed by atoms with Gasteiger partial charge in [0.15, 0.2) is 5.78 Å². The van der Waals surface area contributed by atoms with Crippen LogP contribution >= 0.6 is 0 Å². The van der Waals surface area contributed by atoms with Crippen molar-refractivity contribution in [1.82, 2.24) is 14.5 Å². The van der Waals surface area contributed by atoms with Gasteiger partial charge in [-0.25, -0.2) is 9.18 Å². The molecule has 0 radical (unpaired) electrons. The molecule has 32 heavy (non-hydrogen) atoms. The van der Waals surface area contributed by atoms with Gasteiger partial charge >= 0.3 is 5.97 Å². The number of carbonyl (C=O) groups is 3. The van der Waals surface area contributed by atoms with Crippen LogP contribution in [0.5, 0.6) is 0 Å². The molecule has 2 heterocycles. The number of halogens is 1. The summed E-state index contributed by atoms with van der Waals surface area (Å²) in [7, 11) is 2.96. The molecule has 3 aromatic rings. The number of amides is 1. The van der Waals surface area contributed by atoms with E-state index in [1.165, 1.54) is 30.2 Å². The second-order valence-electron chi connectivity index (χ2n) is 7.43. The molecule has 0 atom stereocenters. The maximum atomic E-state index is 13.7. The van der Waals surface area contributed by atoms with E-state index < -0.39 is 17.7 Å². The minimum absolute atomic E-state index is 0.137. The minimum atomic E-state index is -0.545. The van der Waals surface area contributed by atoms with Crippen LogP contribution in [-0.4, -0.2) is 45.8 Å². The Bertz CT molecular complexity index is 1170. The van der Waals surface area contributed by atoms with Crippen LogP contribution in [0.4, 0.5) is 4.39 Å². The van der Waals surface area contributed by atoms with Gasteiger partial charge in [0.05, 0.1) is 13.7 Å². The number of methoxy groups -OCH3 is 1. The first-order chi connectivity index (χ1) is 15.2. The largest absolute Gasteiger partial charge is 0.464 e. The Hall–Kier alpha value is -3.81. The van der Waals surface area contributed by atoms with Gasteiger partial charge in [-0.2, -0.15) is 0 Å². The van der Waals surface area contributed by atoms with Gasteiger partial charge < -0.3 is 14.2 Å². The molecule has 0 unspecified atom stereocenters. The molecule has 0 saturated carbocycles. The van der Waals surface area contributed by atoms with Crippen molar-refractivity contribution in [3.63, 3.8) is 0 Å². The van der Waals surface area contributed by atoms with Crippen molar-refractivity contribution in [1.29, 1.82) is 0 Å². The van der Waals surface area contributed by atoms with E-state index >= 15 is 0 Å². The molecule has 0 N–H and O–H groups in total. The average molecular weight is 437 g/mol. The van der Waals surface area contributed by atoms with E-state index in [1.807, 2.05) is 0 Å². The SMILES string of the molecule is COC(=O)c1c(C)c(C(=O)CN(Cc2ccncc2)C(=O)c2cccc(F)c2)c(C)n1C. The number of benzene rings is 1. The maximum absolute atomic E-state index is 13.7. The number of rotatable bonds is 7. The second-order valence-corrected chi connectivity index (χ2v) is 7.43. The molecule has 0 fully saturated rings. The summed E-state index contributed by atoms with van der Waals surface area (Å²) in [6.45, 7) is 3.30. The number of nitrogens with zero attached hydrogens (tertiary/aromatic N) is 3. The molecule has 0 aliphatic carbocycles. The van der Waals surface area contributed by atoms with E-state index in [4.69, 9.17) is 4.74 Å². The molecule has 0 aliphatic heterocycles. The molecule has 0 saturated heterocycles. The van der Waals surface area contributed by atoms with Gasteiger partial charge in [-0.1, -0.05) is 6.07 Å². The number of ether oxygens (including phenoxy) is 1. The zero-order valence-electron chi connectivity index (χ0n) is 18.4. The Morgan fingerprint density at radius 2 is 1.81 bits per heavy atom. The predicted molar refractivity (Wildman–Crippen MR) is 116 cm³/mol. The van der Waals surface area contributed by atoms with Crippen molar-refractivity contribution < 1.29 is 23.5 Å². The van der Waals surface area contributed by atoms with Crippen LogP contribution < -0.4 is 0 Å². The first kappa shape index (κ1) is 22.9. The Labute approximate surface area is 185 Å². The van der Waals surface area contributed by atoms with Crippen molar-refractivity contribution >= 4 is 17.7 Å². The normalized spacial score (nSPS) is 10.7. The number of aromatic nitrogens is 2. The fourth-order valence-electron chi connectivity index (χ4n) is 3.74. The van der Waals surface area contributed by atoms with Crippen molar-refractivity contribution in [3.05, 3.63) is 88.3 Å². The van der Waals surface area contributed by atoms with Gasteiger partial charge in [-0.05, 0) is 55.3 Å². The summed E-state index contributed by atoms with van der Waals surface area (Å²) >= 11 is 0. The van der Waals surface area contributed by atoms with E-state index in [-0.39, 0.29) is 30.1 Å². The number of ketones is 1. The zero-order valence-corrected chi connectivity index (χ0v) is 18.4. The summed E-state index contributed by atoms with van der Waals surface area (Å²) in [5.41, 5.74) is 2.64. The lowest BCUT2D eigenvalue weighted by Crippen LogP contribution is -2.35. The summed E-state index contributed by atoms with van der Waals surface area (Å²) < 4.78 is 20.2. The van der Waals surface area contributed by atoms with Crippen molar-refractivity contribution in [3.8, 4) is 0 Å². The fourth-order valence-corrected chi connectivity index (χ4v) is 3.74. The van der Waals surface area contributed by atoms with Crippen LogP contribution in [0.15, 0.2) is 48.8 Å². The minimum Gasteiger partial charge on any atom is -0.464 e. The van der Waals surface area contributed by atoms with Crippen molar-refractivity contribution in [2.75, 3.05) is 13.7 Å². The lowest BCUT2D eigenvalue weighted by Gasteiger charge is -2.22. The number of Topliss-reactive ketones (excluding diaryl/α,β-unsaturated/α-hetero) is 1. The van der Waals surface area contributed by atoms with Crippen LogP contribution in [0, 0.1) is 19.7 Å². The molecule has 166 valence electrons. The third-order valence-corrected chi connectivity index (χ3v) is 5.40. The van der Waals surface area contributed by atoms with Crippen molar-refractivity contribution in [2.24, 2.45) is 7.05 Å². The van der Waals surface area contributed by atoms with Crippen LogP contribution in [0.1, 0.15) is 48.0 Å². The quantitative estimate of drug-likeness (QED) is 0.418. The van der Waals surface area contributed by atoms with Gasteiger partial charge in [-0.15, -0.1) is 0 Å². The number of carbonyl (C=O) groups excluding carboxylic acids is 3. The summed E-state index contributed by atoms with van der Waals surface area (Å²) in [6, 6.07) is 8.82. The van der Waals surface area contributed by atoms with Gasteiger partial charge in [-0.3, -0.25) is 14.6 Å². The highest BCUT2D eigenvalue weighted by Gasteiger charge is 2.28. The second kappa shape index (κ2) is 9.55. The van der Waals surface area contributed by atoms with Crippen molar-refractivity contribution in [2.45, 2.75) is 20.4 Å². The zero-order chi connectivity index (χ0) is 23.4. The highest BCUT2D eigenvalue weighted by atomic mass is 19.1. The molecule has 0 aliphatic rings. The van der Waals surface area contributed by atoms with E-state index in [0.29, 0.717) is 16.8 Å². The third-order valence-electron chi connectivity index (χ3n) is 5.40. The number of pyridine rings is 1. The van der Waals surface area contributed by atoms with Gasteiger partial charge in [0.2, 0.25) is 0 Å². The topological polar surface area (TPSA) is 81.5 Å². The Balaban J connectivity index is 1.97. The van der Waals surface area contributed by atoms with E-state index in [2.05, 4.69) is 4.98 Å². The average Bonchev–Trinajstić information content (AvgIpc) is 3.01. The highest BCUT2D eigenvalue weighted by Crippen LogP contribution is 2.23. The van der Waals surface area contributed by atoms with Gasteiger partial charge in [0, 0.05) is 42.8 Å². The van der Waals surface area contributed by atoms with E-state index in [1.54, 1.807) is 50.0 Å². The molecule has 7 nitrogen and oxygen atoms in total. The van der Waals surface area contributed by atoms with E-state index in [9.17, 15) is 18.8 Å². The van der Waals surface area contributed by atoms with E-state index in [0.717, 1.165) is 11.6 Å². The standard InChI is InChI=1S/C24H24FN3O4/c1-15-21(16(2)27(3)22(15)24(31)32-4)20(29)14-28(13-17-8-10-26-11-9-17)23(30)18-6-5-7-19(25)12-18/h5-12H,13-14H2,1-4H3. The fraction of sp³-hybridized carbons (Fsp3) is 0.250. The van der Waals surface area contributed by atoms with Crippen LogP contribution in [0.25, 0.3) is 0 Å². The Morgan fingerprint density at radius 3 is 2.44 bits per heavy atom. The lowest BCUT2D eigenvalue weighted by molar-refractivity contribution is 0.0588.